The van der Waals surface area contributed by atoms with Gasteiger partial charge < -0.3 is 15.1 Å². The number of aromatic nitrogens is 2. The zero-order valence-electron chi connectivity index (χ0n) is 16.0. The molecule has 27 heavy (non-hydrogen) atoms. The molecule has 0 aliphatic rings. The second-order valence-corrected chi connectivity index (χ2v) is 6.75. The fraction of sp³-hybridized carbons (Fsp3) is 0.273. The van der Waals surface area contributed by atoms with Gasteiger partial charge in [0.05, 0.1) is 0 Å². The lowest BCUT2D eigenvalue weighted by Crippen LogP contribution is -2.19. The van der Waals surface area contributed by atoms with Crippen molar-refractivity contribution in [3.8, 4) is 0 Å². The quantitative estimate of drug-likeness (QED) is 0.579. The van der Waals surface area contributed by atoms with Gasteiger partial charge in [0.1, 0.15) is 18.0 Å². The third kappa shape index (κ3) is 5.79. The maximum Gasteiger partial charge on any atom is 0.138 e. The third-order valence-corrected chi connectivity index (χ3v) is 4.27. The first kappa shape index (κ1) is 18.9. The number of rotatable bonds is 9. The molecule has 0 radical (unpaired) electrons. The van der Waals surface area contributed by atoms with E-state index in [9.17, 15) is 0 Å². The van der Waals surface area contributed by atoms with Crippen LogP contribution in [-0.4, -0.2) is 42.1 Å². The lowest BCUT2D eigenvalue weighted by atomic mass is 10.2. The summed E-state index contributed by atoms with van der Waals surface area (Å²) in [5.74, 6) is 1.74. The number of hydrogen-bond donors (Lipinski definition) is 1. The minimum absolute atomic E-state index is 0.752. The molecule has 0 saturated carbocycles. The van der Waals surface area contributed by atoms with Gasteiger partial charge in [0.25, 0.3) is 0 Å². The van der Waals surface area contributed by atoms with Crippen LogP contribution in [0.2, 0.25) is 0 Å². The molecular weight excluding hydrogens is 334 g/mol. The Bertz CT molecular complexity index is 805. The van der Waals surface area contributed by atoms with Gasteiger partial charge in [-0.05, 0) is 44.8 Å². The molecular formula is C22H27N5. The van der Waals surface area contributed by atoms with Gasteiger partial charge in [-0.15, -0.1) is 0 Å². The first-order valence-electron chi connectivity index (χ1n) is 9.29. The number of nitrogens with zero attached hydrogens (tertiary/aromatic N) is 4. The van der Waals surface area contributed by atoms with Gasteiger partial charge in [0, 0.05) is 24.8 Å². The molecule has 5 nitrogen and oxygen atoms in total. The van der Waals surface area contributed by atoms with Gasteiger partial charge in [-0.25, -0.2) is 9.97 Å². The molecule has 140 valence electrons. The summed E-state index contributed by atoms with van der Waals surface area (Å²) in [5, 5.41) is 3.41. The molecule has 0 fully saturated rings. The molecule has 3 aromatic rings. The fourth-order valence-electron chi connectivity index (χ4n) is 2.88. The van der Waals surface area contributed by atoms with Crippen LogP contribution in [0.1, 0.15) is 12.0 Å². The second-order valence-electron chi connectivity index (χ2n) is 6.75. The number of para-hydroxylation sites is 1. The third-order valence-electron chi connectivity index (χ3n) is 4.27. The smallest absolute Gasteiger partial charge is 0.138 e. The van der Waals surface area contributed by atoms with Crippen LogP contribution < -0.4 is 10.2 Å². The Balaban J connectivity index is 1.78. The lowest BCUT2D eigenvalue weighted by molar-refractivity contribution is 0.405. The molecule has 0 spiro atoms. The fourth-order valence-corrected chi connectivity index (χ4v) is 2.88. The highest BCUT2D eigenvalue weighted by molar-refractivity contribution is 5.62. The Kier molecular flexibility index (Phi) is 6.77. The standard InChI is InChI=1S/C22H27N5/c1-26(2)15-9-14-23-21-16-22(25-18-24-21)27(20-12-7-4-8-13-20)17-19-10-5-3-6-11-19/h3-8,10-13,16,18H,9,14-15,17H2,1-2H3,(H,23,24,25). The molecule has 0 atom stereocenters. The van der Waals surface area contributed by atoms with Gasteiger partial charge >= 0.3 is 0 Å². The van der Waals surface area contributed by atoms with E-state index >= 15 is 0 Å². The Labute approximate surface area is 161 Å². The van der Waals surface area contributed by atoms with E-state index in [4.69, 9.17) is 0 Å². The van der Waals surface area contributed by atoms with Crippen molar-refractivity contribution in [1.29, 1.82) is 0 Å². The van der Waals surface area contributed by atoms with Crippen molar-refractivity contribution in [2.75, 3.05) is 37.4 Å². The van der Waals surface area contributed by atoms with E-state index in [1.807, 2.05) is 18.2 Å². The molecule has 0 aliphatic carbocycles. The number of hydrogen-bond acceptors (Lipinski definition) is 5. The van der Waals surface area contributed by atoms with E-state index in [1.54, 1.807) is 6.33 Å². The maximum atomic E-state index is 4.54. The summed E-state index contributed by atoms with van der Waals surface area (Å²) < 4.78 is 0. The van der Waals surface area contributed by atoms with Crippen molar-refractivity contribution in [3.05, 3.63) is 78.6 Å². The van der Waals surface area contributed by atoms with Gasteiger partial charge in [-0.3, -0.25) is 0 Å². The molecule has 0 amide bonds. The second kappa shape index (κ2) is 9.69. The minimum atomic E-state index is 0.752. The zero-order valence-corrected chi connectivity index (χ0v) is 16.0. The Morgan fingerprint density at radius 2 is 1.59 bits per heavy atom. The Morgan fingerprint density at radius 1 is 0.889 bits per heavy atom. The molecule has 0 aliphatic heterocycles. The van der Waals surface area contributed by atoms with E-state index in [-0.39, 0.29) is 0 Å². The first-order chi connectivity index (χ1) is 13.2. The van der Waals surface area contributed by atoms with Gasteiger partial charge in [-0.2, -0.15) is 0 Å². The van der Waals surface area contributed by atoms with Crippen LogP contribution in [0, 0.1) is 0 Å². The van der Waals surface area contributed by atoms with E-state index in [0.717, 1.165) is 43.4 Å². The van der Waals surface area contributed by atoms with E-state index in [1.165, 1.54) is 5.56 Å². The summed E-state index contributed by atoms with van der Waals surface area (Å²) in [4.78, 5) is 13.3. The highest BCUT2D eigenvalue weighted by Crippen LogP contribution is 2.26. The molecule has 5 heteroatoms. The van der Waals surface area contributed by atoms with E-state index in [0.29, 0.717) is 0 Å². The minimum Gasteiger partial charge on any atom is -0.370 e. The molecule has 1 N–H and O–H groups in total. The van der Waals surface area contributed by atoms with E-state index in [2.05, 4.69) is 87.7 Å². The van der Waals surface area contributed by atoms with Crippen LogP contribution in [-0.2, 0) is 6.54 Å². The highest BCUT2D eigenvalue weighted by Gasteiger charge is 2.12. The average molecular weight is 361 g/mol. The van der Waals surface area contributed by atoms with Crippen molar-refractivity contribution in [2.24, 2.45) is 0 Å². The van der Waals surface area contributed by atoms with Crippen molar-refractivity contribution >= 4 is 17.3 Å². The number of anilines is 3. The highest BCUT2D eigenvalue weighted by atomic mass is 15.2. The Hall–Kier alpha value is -2.92. The average Bonchev–Trinajstić information content (AvgIpc) is 2.71. The Morgan fingerprint density at radius 3 is 2.30 bits per heavy atom. The predicted molar refractivity (Wildman–Crippen MR) is 112 cm³/mol. The number of nitrogens with one attached hydrogen (secondary N) is 1. The molecule has 3 rings (SSSR count). The summed E-state index contributed by atoms with van der Waals surface area (Å²) in [7, 11) is 4.17. The van der Waals surface area contributed by atoms with Gasteiger partial charge in [0.2, 0.25) is 0 Å². The topological polar surface area (TPSA) is 44.3 Å². The number of benzene rings is 2. The normalized spacial score (nSPS) is 10.8. The molecule has 1 heterocycles. The molecule has 0 saturated heterocycles. The first-order valence-corrected chi connectivity index (χ1v) is 9.29. The largest absolute Gasteiger partial charge is 0.370 e. The van der Waals surface area contributed by atoms with Gasteiger partial charge in [-0.1, -0.05) is 48.5 Å². The van der Waals surface area contributed by atoms with E-state index < -0.39 is 0 Å². The van der Waals surface area contributed by atoms with Crippen molar-refractivity contribution in [2.45, 2.75) is 13.0 Å². The summed E-state index contributed by atoms with van der Waals surface area (Å²) in [6.45, 7) is 2.69. The van der Waals surface area contributed by atoms with Crippen LogP contribution in [0.25, 0.3) is 0 Å². The zero-order chi connectivity index (χ0) is 18.9. The summed E-state index contributed by atoms with van der Waals surface area (Å²) >= 11 is 0. The predicted octanol–water partition coefficient (Wildman–Crippen LogP) is 4.18. The van der Waals surface area contributed by atoms with Crippen molar-refractivity contribution in [1.82, 2.24) is 14.9 Å². The lowest BCUT2D eigenvalue weighted by Gasteiger charge is -2.24. The molecule has 2 aromatic carbocycles. The van der Waals surface area contributed by atoms with Crippen molar-refractivity contribution in [3.63, 3.8) is 0 Å². The molecule has 0 unspecified atom stereocenters. The molecule has 1 aromatic heterocycles. The van der Waals surface area contributed by atoms with Crippen LogP contribution >= 0.6 is 0 Å². The van der Waals surface area contributed by atoms with Crippen LogP contribution in [0.5, 0.6) is 0 Å². The van der Waals surface area contributed by atoms with Crippen LogP contribution in [0.15, 0.2) is 73.1 Å². The monoisotopic (exact) mass is 361 g/mol. The summed E-state index contributed by atoms with van der Waals surface area (Å²) in [6.07, 6.45) is 2.70. The summed E-state index contributed by atoms with van der Waals surface area (Å²) in [6, 6.07) is 22.8. The SMILES string of the molecule is CN(C)CCCNc1cc(N(Cc2ccccc2)c2ccccc2)ncn1. The van der Waals surface area contributed by atoms with Crippen LogP contribution in [0.4, 0.5) is 17.3 Å². The maximum absolute atomic E-state index is 4.54. The summed E-state index contributed by atoms with van der Waals surface area (Å²) in [5.41, 5.74) is 2.35. The molecule has 0 bridgehead atoms. The van der Waals surface area contributed by atoms with Gasteiger partial charge in [0.15, 0.2) is 0 Å². The van der Waals surface area contributed by atoms with Crippen LogP contribution in [0.3, 0.4) is 0 Å². The van der Waals surface area contributed by atoms with Crippen molar-refractivity contribution < 1.29 is 0 Å².